The Morgan fingerprint density at radius 1 is 1.15 bits per heavy atom. The number of allylic oxidation sites excluding steroid dienone is 1. The quantitative estimate of drug-likeness (QED) is 0.158. The van der Waals surface area contributed by atoms with Crippen molar-refractivity contribution in [2.75, 3.05) is 13.7 Å². The van der Waals surface area contributed by atoms with Gasteiger partial charge in [-0.15, -0.1) is 0 Å². The highest BCUT2D eigenvalue weighted by Crippen LogP contribution is 2.45. The third kappa shape index (κ3) is 4.74. The predicted molar refractivity (Wildman–Crippen MR) is 150 cm³/mol. The molecule has 40 heavy (non-hydrogen) atoms. The molecule has 8 heteroatoms. The fourth-order valence-corrected chi connectivity index (χ4v) is 4.81. The van der Waals surface area contributed by atoms with Gasteiger partial charge in [-0.05, 0) is 54.8 Å². The van der Waals surface area contributed by atoms with E-state index in [1.807, 2.05) is 31.2 Å². The minimum absolute atomic E-state index is 0.0331. The van der Waals surface area contributed by atoms with Crippen molar-refractivity contribution in [3.63, 3.8) is 0 Å². The van der Waals surface area contributed by atoms with Crippen LogP contribution in [-0.4, -0.2) is 19.7 Å². The number of carbonyl (C=O) groups is 1. The first kappa shape index (κ1) is 26.4. The number of hydrogen-bond acceptors (Lipinski definition) is 8. The van der Waals surface area contributed by atoms with Crippen LogP contribution in [0.15, 0.2) is 83.1 Å². The SMILES string of the molecule is C=CCOc1ccc(C2C(C#N)=C(N)Oc3cc(OC(=O)c4oc5ccc(CC)cc5c4C)ccc32)cc1OC. The van der Waals surface area contributed by atoms with Crippen molar-refractivity contribution in [3.05, 3.63) is 107 Å². The number of carbonyl (C=O) groups excluding carboxylic acids is 1. The number of hydrogen-bond donors (Lipinski definition) is 1. The highest BCUT2D eigenvalue weighted by atomic mass is 16.5. The molecular weight excluding hydrogens is 508 g/mol. The number of furan rings is 1. The van der Waals surface area contributed by atoms with E-state index in [2.05, 4.69) is 19.6 Å². The van der Waals surface area contributed by atoms with E-state index < -0.39 is 11.9 Å². The molecule has 3 aromatic carbocycles. The zero-order valence-electron chi connectivity index (χ0n) is 22.4. The van der Waals surface area contributed by atoms with Gasteiger partial charge in [-0.2, -0.15) is 5.26 Å². The Morgan fingerprint density at radius 2 is 1.98 bits per heavy atom. The van der Waals surface area contributed by atoms with Crippen LogP contribution in [0.2, 0.25) is 0 Å². The highest BCUT2D eigenvalue weighted by molar-refractivity contribution is 5.97. The molecule has 1 aliphatic heterocycles. The third-order valence-electron chi connectivity index (χ3n) is 6.87. The average molecular weight is 537 g/mol. The number of aryl methyl sites for hydroxylation is 2. The number of rotatable bonds is 8. The van der Waals surface area contributed by atoms with Gasteiger partial charge in [0.2, 0.25) is 11.6 Å². The lowest BCUT2D eigenvalue weighted by molar-refractivity contribution is 0.0702. The van der Waals surface area contributed by atoms with E-state index in [0.29, 0.717) is 40.6 Å². The lowest BCUT2D eigenvalue weighted by Crippen LogP contribution is -2.21. The standard InChI is InChI=1S/C32H28N2O6/c1-5-13-37-26-12-8-20(15-28(26)36-4)29-22-10-9-21(16-27(22)40-31(34)24(29)17-33)38-32(35)30-18(3)23-14-19(6-2)7-11-25(23)39-30/h5,7-12,14-16,29H,1,6,13,34H2,2-4H3. The van der Waals surface area contributed by atoms with Gasteiger partial charge in [-0.25, -0.2) is 4.79 Å². The molecule has 4 aromatic rings. The molecule has 0 saturated heterocycles. The van der Waals surface area contributed by atoms with Crippen LogP contribution >= 0.6 is 0 Å². The smallest absolute Gasteiger partial charge is 0.379 e. The van der Waals surface area contributed by atoms with Gasteiger partial charge in [0, 0.05) is 22.6 Å². The molecule has 5 rings (SSSR count). The Labute approximate surface area is 231 Å². The van der Waals surface area contributed by atoms with E-state index in [4.69, 9.17) is 29.1 Å². The molecule has 0 spiro atoms. The Bertz CT molecular complexity index is 1710. The largest absolute Gasteiger partial charge is 0.493 e. The zero-order chi connectivity index (χ0) is 28.4. The second-order valence-electron chi connectivity index (χ2n) is 9.26. The Balaban J connectivity index is 1.47. The van der Waals surface area contributed by atoms with Crippen molar-refractivity contribution >= 4 is 16.9 Å². The van der Waals surface area contributed by atoms with Crippen LogP contribution in [0.3, 0.4) is 0 Å². The van der Waals surface area contributed by atoms with Gasteiger partial charge in [-0.3, -0.25) is 0 Å². The highest BCUT2D eigenvalue weighted by Gasteiger charge is 2.32. The molecule has 0 amide bonds. The normalized spacial score (nSPS) is 14.2. The topological polar surface area (TPSA) is 117 Å². The molecule has 1 aliphatic rings. The van der Waals surface area contributed by atoms with E-state index >= 15 is 0 Å². The predicted octanol–water partition coefficient (Wildman–Crippen LogP) is 6.31. The van der Waals surface area contributed by atoms with Crippen LogP contribution in [0.4, 0.5) is 0 Å². The van der Waals surface area contributed by atoms with Crippen molar-refractivity contribution in [1.29, 1.82) is 5.26 Å². The Kier molecular flexibility index (Phi) is 7.21. The van der Waals surface area contributed by atoms with E-state index in [-0.39, 0.29) is 23.0 Å². The first-order valence-electron chi connectivity index (χ1n) is 12.8. The van der Waals surface area contributed by atoms with Crippen LogP contribution in [0, 0.1) is 18.3 Å². The summed E-state index contributed by atoms with van der Waals surface area (Å²) in [6.45, 7) is 7.89. The summed E-state index contributed by atoms with van der Waals surface area (Å²) in [7, 11) is 1.54. The van der Waals surface area contributed by atoms with Crippen LogP contribution in [0.1, 0.15) is 45.7 Å². The van der Waals surface area contributed by atoms with Crippen molar-refractivity contribution < 1.29 is 28.2 Å². The molecule has 0 saturated carbocycles. The van der Waals surface area contributed by atoms with Gasteiger partial charge in [0.25, 0.3) is 0 Å². The van der Waals surface area contributed by atoms with Gasteiger partial charge in [0.1, 0.15) is 35.3 Å². The van der Waals surface area contributed by atoms with Crippen LogP contribution in [-0.2, 0) is 6.42 Å². The monoisotopic (exact) mass is 536 g/mol. The van der Waals surface area contributed by atoms with Crippen molar-refractivity contribution in [1.82, 2.24) is 0 Å². The molecule has 1 atom stereocenters. The summed E-state index contributed by atoms with van der Waals surface area (Å²) in [5.74, 6) is 0.601. The summed E-state index contributed by atoms with van der Waals surface area (Å²) in [6, 6.07) is 18.4. The molecule has 1 aromatic heterocycles. The molecule has 202 valence electrons. The van der Waals surface area contributed by atoms with Gasteiger partial charge < -0.3 is 29.1 Å². The van der Waals surface area contributed by atoms with Gasteiger partial charge >= 0.3 is 5.97 Å². The summed E-state index contributed by atoms with van der Waals surface area (Å²) in [4.78, 5) is 13.1. The molecule has 0 fully saturated rings. The summed E-state index contributed by atoms with van der Waals surface area (Å²) in [5.41, 5.74) is 10.3. The van der Waals surface area contributed by atoms with E-state index in [1.54, 1.807) is 43.5 Å². The van der Waals surface area contributed by atoms with Crippen LogP contribution in [0.25, 0.3) is 11.0 Å². The van der Waals surface area contributed by atoms with Crippen molar-refractivity contribution in [2.24, 2.45) is 5.73 Å². The number of fused-ring (bicyclic) bond motifs is 2. The fraction of sp³-hybridized carbons (Fsp3) is 0.188. The number of esters is 1. The maximum absolute atomic E-state index is 13.1. The van der Waals surface area contributed by atoms with Gasteiger partial charge in [-0.1, -0.05) is 37.8 Å². The summed E-state index contributed by atoms with van der Waals surface area (Å²) in [5, 5.41) is 10.8. The first-order chi connectivity index (χ1) is 19.4. The number of nitrogens with zero attached hydrogens (tertiary/aromatic N) is 1. The summed E-state index contributed by atoms with van der Waals surface area (Å²) >= 11 is 0. The van der Waals surface area contributed by atoms with Crippen LogP contribution < -0.4 is 24.7 Å². The fourth-order valence-electron chi connectivity index (χ4n) is 4.81. The lowest BCUT2D eigenvalue weighted by atomic mass is 9.83. The van der Waals surface area contributed by atoms with Gasteiger partial charge in [0.15, 0.2) is 11.5 Å². The zero-order valence-corrected chi connectivity index (χ0v) is 22.4. The van der Waals surface area contributed by atoms with E-state index in [0.717, 1.165) is 22.9 Å². The maximum atomic E-state index is 13.1. The molecule has 0 bridgehead atoms. The number of nitrogens with two attached hydrogens (primary N) is 1. The molecule has 0 aliphatic carbocycles. The average Bonchev–Trinajstić information content (AvgIpc) is 3.30. The molecule has 0 radical (unpaired) electrons. The second-order valence-corrected chi connectivity index (χ2v) is 9.26. The second kappa shape index (κ2) is 10.9. The summed E-state index contributed by atoms with van der Waals surface area (Å²) in [6.07, 6.45) is 2.52. The minimum atomic E-state index is -0.625. The molecular formula is C32H28N2O6. The Hall–Kier alpha value is -5.16. The minimum Gasteiger partial charge on any atom is -0.493 e. The third-order valence-corrected chi connectivity index (χ3v) is 6.87. The van der Waals surface area contributed by atoms with Crippen LogP contribution in [0.5, 0.6) is 23.0 Å². The number of ether oxygens (including phenoxy) is 4. The molecule has 2 heterocycles. The molecule has 8 nitrogen and oxygen atoms in total. The lowest BCUT2D eigenvalue weighted by Gasteiger charge is -2.27. The molecule has 1 unspecified atom stereocenters. The number of nitriles is 1. The Morgan fingerprint density at radius 3 is 2.70 bits per heavy atom. The first-order valence-corrected chi connectivity index (χ1v) is 12.8. The van der Waals surface area contributed by atoms with E-state index in [9.17, 15) is 10.1 Å². The number of benzene rings is 3. The molecule has 2 N–H and O–H groups in total. The van der Waals surface area contributed by atoms with Crippen molar-refractivity contribution in [3.8, 4) is 29.1 Å². The van der Waals surface area contributed by atoms with E-state index in [1.165, 1.54) is 0 Å². The number of methoxy groups -OCH3 is 1. The van der Waals surface area contributed by atoms with Gasteiger partial charge in [0.05, 0.1) is 13.0 Å². The van der Waals surface area contributed by atoms with Crippen molar-refractivity contribution in [2.45, 2.75) is 26.2 Å². The summed E-state index contributed by atoms with van der Waals surface area (Å²) < 4.78 is 28.5. The maximum Gasteiger partial charge on any atom is 0.379 e.